The number of aromatic nitrogens is 1. The third kappa shape index (κ3) is 3.41. The second kappa shape index (κ2) is 5.79. The van der Waals surface area contributed by atoms with Crippen LogP contribution in [0.5, 0.6) is 5.88 Å². The monoisotopic (exact) mass is 251 g/mol. The summed E-state index contributed by atoms with van der Waals surface area (Å²) in [7, 11) is 0. The Morgan fingerprint density at radius 2 is 2.50 bits per heavy atom. The molecule has 98 valence electrons. The molecule has 1 aliphatic rings. The molecule has 2 rings (SSSR count). The maximum Gasteiger partial charge on any atom is 0.248 e. The first-order valence-electron chi connectivity index (χ1n) is 5.90. The Labute approximate surface area is 105 Å². The highest BCUT2D eigenvalue weighted by Crippen LogP contribution is 2.11. The number of amides is 1. The summed E-state index contributed by atoms with van der Waals surface area (Å²) in [6.07, 6.45) is 1.67. The molecule has 6 nitrogen and oxygen atoms in total. The van der Waals surface area contributed by atoms with Crippen LogP contribution in [0.2, 0.25) is 0 Å². The summed E-state index contributed by atoms with van der Waals surface area (Å²) in [6.45, 7) is 4.00. The van der Waals surface area contributed by atoms with Crippen molar-refractivity contribution >= 4 is 5.91 Å². The molecule has 18 heavy (non-hydrogen) atoms. The van der Waals surface area contributed by atoms with E-state index in [0.717, 1.165) is 13.1 Å². The van der Waals surface area contributed by atoms with Crippen molar-refractivity contribution in [2.45, 2.75) is 19.1 Å². The van der Waals surface area contributed by atoms with Crippen LogP contribution in [-0.2, 0) is 4.74 Å². The lowest BCUT2D eigenvalue weighted by Gasteiger charge is -2.28. The van der Waals surface area contributed by atoms with Crippen molar-refractivity contribution in [1.82, 2.24) is 10.3 Å². The number of nitrogens with zero attached hydrogens (tertiary/aromatic N) is 1. The molecule has 0 bridgehead atoms. The Bertz CT molecular complexity index is 425. The average molecular weight is 251 g/mol. The van der Waals surface area contributed by atoms with E-state index in [9.17, 15) is 4.79 Å². The van der Waals surface area contributed by atoms with E-state index in [4.69, 9.17) is 15.2 Å². The summed E-state index contributed by atoms with van der Waals surface area (Å²) in [6, 6.07) is 3.08. The van der Waals surface area contributed by atoms with Crippen molar-refractivity contribution in [1.29, 1.82) is 0 Å². The zero-order valence-electron chi connectivity index (χ0n) is 10.3. The van der Waals surface area contributed by atoms with E-state index in [1.807, 2.05) is 6.92 Å². The third-order valence-electron chi connectivity index (χ3n) is 2.67. The fraction of sp³-hybridized carbons (Fsp3) is 0.500. The van der Waals surface area contributed by atoms with Crippen LogP contribution in [0.1, 0.15) is 17.3 Å². The van der Waals surface area contributed by atoms with Crippen LogP contribution < -0.4 is 15.8 Å². The standard InChI is InChI=1S/C12H17N3O3/c1-8-5-14-6-10(18-8)7-17-11-4-9(12(13)16)2-3-15-11/h2-4,8,10,14H,5-7H2,1H3,(H2,13,16). The fourth-order valence-electron chi connectivity index (χ4n) is 1.79. The lowest BCUT2D eigenvalue weighted by Crippen LogP contribution is -2.45. The number of nitrogens with two attached hydrogens (primary N) is 1. The maximum atomic E-state index is 11.0. The van der Waals surface area contributed by atoms with Crippen LogP contribution in [0.4, 0.5) is 0 Å². The quantitative estimate of drug-likeness (QED) is 0.782. The third-order valence-corrected chi connectivity index (χ3v) is 2.67. The summed E-state index contributed by atoms with van der Waals surface area (Å²) < 4.78 is 11.2. The van der Waals surface area contributed by atoms with Gasteiger partial charge in [-0.05, 0) is 13.0 Å². The topological polar surface area (TPSA) is 86.5 Å². The molecule has 2 heterocycles. The highest BCUT2D eigenvalue weighted by Gasteiger charge is 2.19. The van der Waals surface area contributed by atoms with Gasteiger partial charge in [0.15, 0.2) is 0 Å². The van der Waals surface area contributed by atoms with Gasteiger partial charge in [0, 0.05) is 30.9 Å². The Balaban J connectivity index is 1.89. The van der Waals surface area contributed by atoms with Crippen LogP contribution >= 0.6 is 0 Å². The van der Waals surface area contributed by atoms with Crippen molar-refractivity contribution < 1.29 is 14.3 Å². The second-order valence-electron chi connectivity index (χ2n) is 4.28. The molecular formula is C12H17N3O3. The molecule has 6 heteroatoms. The Morgan fingerprint density at radius 1 is 1.67 bits per heavy atom. The summed E-state index contributed by atoms with van der Waals surface area (Å²) in [5, 5.41) is 3.25. The highest BCUT2D eigenvalue weighted by molar-refractivity contribution is 5.92. The van der Waals surface area contributed by atoms with Crippen molar-refractivity contribution in [3.8, 4) is 5.88 Å². The molecular weight excluding hydrogens is 234 g/mol. The lowest BCUT2D eigenvalue weighted by atomic mass is 10.2. The van der Waals surface area contributed by atoms with E-state index in [2.05, 4.69) is 10.3 Å². The zero-order chi connectivity index (χ0) is 13.0. The van der Waals surface area contributed by atoms with Crippen LogP contribution in [0, 0.1) is 0 Å². The smallest absolute Gasteiger partial charge is 0.248 e. The first kappa shape index (κ1) is 12.8. The molecule has 2 atom stereocenters. The molecule has 1 aliphatic heterocycles. The van der Waals surface area contributed by atoms with E-state index in [0.29, 0.717) is 18.1 Å². The minimum atomic E-state index is -0.494. The van der Waals surface area contributed by atoms with Gasteiger partial charge in [0.2, 0.25) is 11.8 Å². The minimum Gasteiger partial charge on any atom is -0.475 e. The molecule has 1 aromatic heterocycles. The fourth-order valence-corrected chi connectivity index (χ4v) is 1.79. The number of carbonyl (C=O) groups is 1. The minimum absolute atomic E-state index is 0.00668. The molecule has 1 aromatic rings. The van der Waals surface area contributed by atoms with E-state index < -0.39 is 5.91 Å². The number of pyridine rings is 1. The molecule has 0 aliphatic carbocycles. The van der Waals surface area contributed by atoms with Gasteiger partial charge >= 0.3 is 0 Å². The normalized spacial score (nSPS) is 23.6. The van der Waals surface area contributed by atoms with Crippen LogP contribution in [0.3, 0.4) is 0 Å². The van der Waals surface area contributed by atoms with Gasteiger partial charge in [-0.25, -0.2) is 4.98 Å². The largest absolute Gasteiger partial charge is 0.475 e. The van der Waals surface area contributed by atoms with Crippen molar-refractivity contribution in [2.75, 3.05) is 19.7 Å². The van der Waals surface area contributed by atoms with Gasteiger partial charge in [-0.2, -0.15) is 0 Å². The summed E-state index contributed by atoms with van der Waals surface area (Å²) in [5.74, 6) is -0.111. The first-order valence-corrected chi connectivity index (χ1v) is 5.90. The number of primary amides is 1. The molecule has 0 spiro atoms. The molecule has 2 unspecified atom stereocenters. The molecule has 0 saturated carbocycles. The number of hydrogen-bond donors (Lipinski definition) is 2. The number of nitrogens with one attached hydrogen (secondary N) is 1. The number of ether oxygens (including phenoxy) is 2. The second-order valence-corrected chi connectivity index (χ2v) is 4.28. The molecule has 0 aromatic carbocycles. The maximum absolute atomic E-state index is 11.0. The Kier molecular flexibility index (Phi) is 4.11. The van der Waals surface area contributed by atoms with E-state index in [1.165, 1.54) is 12.3 Å². The van der Waals surface area contributed by atoms with Crippen molar-refractivity contribution in [2.24, 2.45) is 5.73 Å². The summed E-state index contributed by atoms with van der Waals surface area (Å²) in [4.78, 5) is 15.0. The highest BCUT2D eigenvalue weighted by atomic mass is 16.5. The Morgan fingerprint density at radius 3 is 3.22 bits per heavy atom. The van der Waals surface area contributed by atoms with Gasteiger partial charge in [-0.3, -0.25) is 4.79 Å². The average Bonchev–Trinajstić information content (AvgIpc) is 2.37. The van der Waals surface area contributed by atoms with E-state index >= 15 is 0 Å². The van der Waals surface area contributed by atoms with Gasteiger partial charge in [0.1, 0.15) is 12.7 Å². The van der Waals surface area contributed by atoms with Gasteiger partial charge in [-0.1, -0.05) is 0 Å². The SMILES string of the molecule is CC1CNCC(COc2cc(C(N)=O)ccn2)O1. The molecule has 1 amide bonds. The van der Waals surface area contributed by atoms with Crippen LogP contribution in [0.25, 0.3) is 0 Å². The number of morpholine rings is 1. The van der Waals surface area contributed by atoms with Gasteiger partial charge in [0.05, 0.1) is 6.10 Å². The van der Waals surface area contributed by atoms with E-state index in [1.54, 1.807) is 6.07 Å². The first-order chi connectivity index (χ1) is 8.65. The number of hydrogen-bond acceptors (Lipinski definition) is 5. The van der Waals surface area contributed by atoms with Crippen molar-refractivity contribution in [3.63, 3.8) is 0 Å². The predicted molar refractivity (Wildman–Crippen MR) is 65.5 cm³/mol. The zero-order valence-corrected chi connectivity index (χ0v) is 10.3. The van der Waals surface area contributed by atoms with Crippen molar-refractivity contribution in [3.05, 3.63) is 23.9 Å². The van der Waals surface area contributed by atoms with E-state index in [-0.39, 0.29) is 12.2 Å². The van der Waals surface area contributed by atoms with Gasteiger partial charge in [0.25, 0.3) is 0 Å². The summed E-state index contributed by atoms with van der Waals surface area (Å²) >= 11 is 0. The van der Waals surface area contributed by atoms with Crippen LogP contribution in [-0.4, -0.2) is 42.8 Å². The number of rotatable bonds is 4. The molecule has 1 fully saturated rings. The molecule has 0 radical (unpaired) electrons. The number of carbonyl (C=O) groups excluding carboxylic acids is 1. The van der Waals surface area contributed by atoms with Gasteiger partial charge < -0.3 is 20.5 Å². The molecule has 3 N–H and O–H groups in total. The lowest BCUT2D eigenvalue weighted by molar-refractivity contribution is -0.0476. The Hall–Kier alpha value is -1.66. The van der Waals surface area contributed by atoms with Gasteiger partial charge in [-0.15, -0.1) is 0 Å². The predicted octanol–water partition coefficient (Wildman–Crippen LogP) is -0.0638. The molecule has 1 saturated heterocycles. The van der Waals surface area contributed by atoms with Crippen LogP contribution in [0.15, 0.2) is 18.3 Å². The summed E-state index contributed by atoms with van der Waals surface area (Å²) in [5.41, 5.74) is 5.57.